The summed E-state index contributed by atoms with van der Waals surface area (Å²) >= 11 is 1.69. The molecule has 0 aromatic rings. The smallest absolute Gasteiger partial charge is 0.142 e. The molecule has 0 unspecified atom stereocenters. The van der Waals surface area contributed by atoms with Gasteiger partial charge in [-0.25, -0.2) is 0 Å². The highest BCUT2D eigenvalue weighted by atomic mass is 32.2. The van der Waals surface area contributed by atoms with E-state index in [4.69, 9.17) is 0 Å². The van der Waals surface area contributed by atoms with Crippen LogP contribution in [0.25, 0.3) is 0 Å². The Morgan fingerprint density at radius 2 is 2.25 bits per heavy atom. The summed E-state index contributed by atoms with van der Waals surface area (Å²) < 4.78 is 4.56. The van der Waals surface area contributed by atoms with Crippen LogP contribution in [-0.4, -0.2) is 5.94 Å². The third-order valence-electron chi connectivity index (χ3n) is 0.272. The van der Waals surface area contributed by atoms with Crippen molar-refractivity contribution < 1.29 is 4.74 Å². The fraction of sp³-hybridized carbons (Fsp3) is 0.500. The topological polar surface area (TPSA) is 9.23 Å². The van der Waals surface area contributed by atoms with Gasteiger partial charge in [0.05, 0.1) is 5.94 Å². The molecule has 1 nitrogen and oxygen atoms in total. The minimum atomic E-state index is 0.861. The molecule has 23 valence electrons. The first-order valence-electron chi connectivity index (χ1n) is 1.05. The highest BCUT2D eigenvalue weighted by molar-refractivity contribution is 8.02. The lowest BCUT2D eigenvalue weighted by Crippen LogP contribution is -1.92. The maximum Gasteiger partial charge on any atom is 0.142 e. The van der Waals surface area contributed by atoms with Gasteiger partial charge in [0.15, 0.2) is 0 Å². The van der Waals surface area contributed by atoms with E-state index in [0.29, 0.717) is 0 Å². The second kappa shape index (κ2) is 0.951. The zero-order valence-corrected chi connectivity index (χ0v) is 2.92. The number of hydrogen-bond donors (Lipinski definition) is 0. The molecule has 0 N–H and O–H groups in total. The molecule has 0 atom stereocenters. The minimum absolute atomic E-state index is 0.861. The van der Waals surface area contributed by atoms with Gasteiger partial charge in [0, 0.05) is 0 Å². The molecular weight excluding hydrogens is 72.1 g/mol. The van der Waals surface area contributed by atoms with Crippen LogP contribution in [0.15, 0.2) is 0 Å². The molecule has 0 aliphatic carbocycles. The lowest BCUT2D eigenvalue weighted by Gasteiger charge is -2.06. The Kier molecular flexibility index (Phi) is 0.604. The van der Waals surface area contributed by atoms with E-state index in [1.54, 1.807) is 17.7 Å². The second-order valence-corrected chi connectivity index (χ2v) is 1.31. The van der Waals surface area contributed by atoms with Gasteiger partial charge < -0.3 is 4.74 Å². The maximum absolute atomic E-state index is 4.56. The molecule has 1 rings (SSSR count). The van der Waals surface area contributed by atoms with Crippen molar-refractivity contribution in [3.05, 3.63) is 5.94 Å². The first-order valence-corrected chi connectivity index (χ1v) is 2.10. The third kappa shape index (κ3) is 0.213. The number of ether oxygens (including phenoxy) is 1. The summed E-state index contributed by atoms with van der Waals surface area (Å²) in [7, 11) is 0. The maximum atomic E-state index is 4.56. The van der Waals surface area contributed by atoms with Crippen molar-refractivity contribution in [2.75, 3.05) is 5.94 Å². The highest BCUT2D eigenvalue weighted by Gasteiger charge is 1.96. The molecule has 4 heavy (non-hydrogen) atoms. The Balaban J connectivity index is 2.00. The van der Waals surface area contributed by atoms with Crippen LogP contribution in [0.4, 0.5) is 0 Å². The van der Waals surface area contributed by atoms with Gasteiger partial charge in [-0.15, -0.1) is 0 Å². The molecule has 1 fully saturated rings. The predicted octanol–water partition coefficient (Wildman–Crippen LogP) is 0.827. The van der Waals surface area contributed by atoms with Gasteiger partial charge in [-0.1, -0.05) is 11.8 Å². The zero-order chi connectivity index (χ0) is 2.83. The van der Waals surface area contributed by atoms with E-state index in [-0.39, 0.29) is 0 Å². The Bertz CT molecular complexity index is 14.0. The predicted molar refractivity (Wildman–Crippen MR) is 17.8 cm³/mol. The molecule has 1 heterocycles. The summed E-state index contributed by atoms with van der Waals surface area (Å²) in [4.78, 5) is 0. The van der Waals surface area contributed by atoms with Gasteiger partial charge in [-0.2, -0.15) is 0 Å². The molecule has 0 aromatic heterocycles. The van der Waals surface area contributed by atoms with Gasteiger partial charge in [-0.05, 0) is 0 Å². The van der Waals surface area contributed by atoms with Crippen molar-refractivity contribution in [3.63, 3.8) is 0 Å². The highest BCUT2D eigenvalue weighted by Crippen LogP contribution is 2.16. The van der Waals surface area contributed by atoms with E-state index >= 15 is 0 Å². The molecular formula is C2H3OS. The van der Waals surface area contributed by atoms with Crippen LogP contribution in [0.2, 0.25) is 0 Å². The first kappa shape index (κ1) is 2.54. The zero-order valence-electron chi connectivity index (χ0n) is 2.10. The number of hydrogen-bond acceptors (Lipinski definition) is 2. The van der Waals surface area contributed by atoms with Gasteiger partial charge >= 0.3 is 0 Å². The molecule has 0 spiro atoms. The lowest BCUT2D eigenvalue weighted by atomic mass is 11.5. The van der Waals surface area contributed by atoms with E-state index < -0.39 is 0 Å². The van der Waals surface area contributed by atoms with Crippen molar-refractivity contribution in [3.8, 4) is 0 Å². The van der Waals surface area contributed by atoms with Crippen LogP contribution in [0.5, 0.6) is 0 Å². The summed E-state index contributed by atoms with van der Waals surface area (Å²) in [6.45, 7) is 0. The molecule has 0 amide bonds. The molecule has 1 saturated heterocycles. The van der Waals surface area contributed by atoms with E-state index in [1.165, 1.54) is 0 Å². The fourth-order valence-electron chi connectivity index (χ4n) is 0.0680. The summed E-state index contributed by atoms with van der Waals surface area (Å²) in [6, 6.07) is 0. The average Bonchev–Trinajstić information content (AvgIpc) is 0.722. The van der Waals surface area contributed by atoms with E-state index in [0.717, 1.165) is 5.94 Å². The quantitative estimate of drug-likeness (QED) is 0.421. The SMILES string of the molecule is [CH]1OCS1. The Hall–Kier alpha value is 0.310. The molecule has 0 bridgehead atoms. The van der Waals surface area contributed by atoms with Crippen LogP contribution >= 0.6 is 11.8 Å². The van der Waals surface area contributed by atoms with Crippen molar-refractivity contribution in [2.24, 2.45) is 0 Å². The average molecular weight is 75.1 g/mol. The Morgan fingerprint density at radius 3 is 2.25 bits per heavy atom. The van der Waals surface area contributed by atoms with Crippen LogP contribution in [0.1, 0.15) is 0 Å². The van der Waals surface area contributed by atoms with Crippen LogP contribution in [0, 0.1) is 5.94 Å². The van der Waals surface area contributed by atoms with E-state index in [9.17, 15) is 0 Å². The van der Waals surface area contributed by atoms with Crippen LogP contribution in [0.3, 0.4) is 0 Å². The van der Waals surface area contributed by atoms with Crippen molar-refractivity contribution in [1.29, 1.82) is 0 Å². The lowest BCUT2D eigenvalue weighted by molar-refractivity contribution is 0.265. The summed E-state index contributed by atoms with van der Waals surface area (Å²) in [6.07, 6.45) is 0. The normalized spacial score (nSPS) is 24.0. The van der Waals surface area contributed by atoms with Crippen molar-refractivity contribution >= 4 is 11.8 Å². The third-order valence-corrected chi connectivity index (χ3v) is 0.816. The molecule has 1 radical (unpaired) electrons. The molecule has 1 aliphatic rings. The molecule has 2 heteroatoms. The van der Waals surface area contributed by atoms with E-state index in [2.05, 4.69) is 4.74 Å². The van der Waals surface area contributed by atoms with Gasteiger partial charge in [0.1, 0.15) is 5.94 Å². The summed E-state index contributed by atoms with van der Waals surface area (Å²) in [5.74, 6) is 2.58. The van der Waals surface area contributed by atoms with Gasteiger partial charge in [0.25, 0.3) is 0 Å². The second-order valence-electron chi connectivity index (χ2n) is 0.547. The Morgan fingerprint density at radius 1 is 2.00 bits per heavy atom. The van der Waals surface area contributed by atoms with Crippen molar-refractivity contribution in [2.45, 2.75) is 0 Å². The summed E-state index contributed by atoms with van der Waals surface area (Å²) in [5.41, 5.74) is 0. The molecule has 0 aromatic carbocycles. The van der Waals surface area contributed by atoms with Crippen LogP contribution in [-0.2, 0) is 4.74 Å². The number of thioether (sulfide) groups is 1. The largest absolute Gasteiger partial charge is 0.353 e. The molecule has 0 saturated carbocycles. The number of rotatable bonds is 0. The summed E-state index contributed by atoms with van der Waals surface area (Å²) in [5, 5.41) is 0. The Labute approximate surface area is 29.3 Å². The van der Waals surface area contributed by atoms with Gasteiger partial charge in [0.2, 0.25) is 0 Å². The first-order chi connectivity index (χ1) is 2.00. The molecule has 1 aliphatic heterocycles. The monoisotopic (exact) mass is 75.0 g/mol. The fourth-order valence-corrected chi connectivity index (χ4v) is 0.204. The standard InChI is InChI=1S/C2H3OS/c1-3-2-4-1/h1H,2H2. The van der Waals surface area contributed by atoms with Crippen LogP contribution < -0.4 is 0 Å². The minimum Gasteiger partial charge on any atom is -0.353 e. The van der Waals surface area contributed by atoms with Gasteiger partial charge in [-0.3, -0.25) is 0 Å². The van der Waals surface area contributed by atoms with E-state index in [1.807, 2.05) is 0 Å². The van der Waals surface area contributed by atoms with Crippen molar-refractivity contribution in [1.82, 2.24) is 0 Å².